The highest BCUT2D eigenvalue weighted by atomic mass is 32.2. The van der Waals surface area contributed by atoms with Crippen LogP contribution in [0.5, 0.6) is 5.75 Å². The number of amides is 1. The van der Waals surface area contributed by atoms with Gasteiger partial charge in [0, 0.05) is 22.4 Å². The van der Waals surface area contributed by atoms with E-state index in [4.69, 9.17) is 4.74 Å². The zero-order valence-corrected chi connectivity index (χ0v) is 15.6. The average Bonchev–Trinajstić information content (AvgIpc) is 3.01. The van der Waals surface area contributed by atoms with E-state index in [-0.39, 0.29) is 11.9 Å². The summed E-state index contributed by atoms with van der Waals surface area (Å²) in [7, 11) is 1.59. The van der Waals surface area contributed by atoms with Gasteiger partial charge < -0.3 is 10.1 Å². The first kappa shape index (κ1) is 17.3. The van der Waals surface area contributed by atoms with Gasteiger partial charge in [0.05, 0.1) is 12.7 Å². The predicted molar refractivity (Wildman–Crippen MR) is 99.2 cm³/mol. The van der Waals surface area contributed by atoms with Crippen molar-refractivity contribution in [2.75, 3.05) is 7.11 Å². The Bertz CT molecular complexity index is 694. The van der Waals surface area contributed by atoms with Crippen LogP contribution in [0.15, 0.2) is 34.0 Å². The number of rotatable bonds is 5. The summed E-state index contributed by atoms with van der Waals surface area (Å²) < 4.78 is 6.43. The minimum Gasteiger partial charge on any atom is -0.496 e. The van der Waals surface area contributed by atoms with Gasteiger partial charge in [0.15, 0.2) is 0 Å². The maximum absolute atomic E-state index is 12.5. The number of aryl methyl sites for hydroxylation is 1. The van der Waals surface area contributed by atoms with Crippen LogP contribution in [0.4, 0.5) is 0 Å². The number of thioether (sulfide) groups is 1. The Hall–Kier alpha value is -1.53. The van der Waals surface area contributed by atoms with Gasteiger partial charge in [0.25, 0.3) is 5.91 Å². The quantitative estimate of drug-likeness (QED) is 0.862. The molecule has 4 nitrogen and oxygen atoms in total. The standard InChI is InChI=1S/C18H22N2O2S2/c1-12-11-23-18(19-12)24-14-9-7-13(8-10-14)20-17(21)15-5-3-4-6-16(15)22-2/h3-6,11,13-14H,7-10H2,1-2H3,(H,20,21). The van der Waals surface area contributed by atoms with E-state index in [0.29, 0.717) is 16.6 Å². The van der Waals surface area contributed by atoms with Crippen LogP contribution in [0.2, 0.25) is 0 Å². The molecule has 1 aliphatic rings. The van der Waals surface area contributed by atoms with E-state index < -0.39 is 0 Å². The van der Waals surface area contributed by atoms with Crippen molar-refractivity contribution in [1.29, 1.82) is 0 Å². The molecule has 6 heteroatoms. The molecule has 3 rings (SSSR count). The molecule has 1 aliphatic carbocycles. The predicted octanol–water partition coefficient (Wildman–Crippen LogP) is 4.29. The van der Waals surface area contributed by atoms with Gasteiger partial charge in [-0.3, -0.25) is 4.79 Å². The smallest absolute Gasteiger partial charge is 0.255 e. The first-order valence-electron chi connectivity index (χ1n) is 8.18. The van der Waals surface area contributed by atoms with E-state index in [1.165, 1.54) is 0 Å². The molecular weight excluding hydrogens is 340 g/mol. The van der Waals surface area contributed by atoms with Crippen molar-refractivity contribution in [2.24, 2.45) is 0 Å². The summed E-state index contributed by atoms with van der Waals surface area (Å²) in [6.07, 6.45) is 4.26. The van der Waals surface area contributed by atoms with Crippen LogP contribution < -0.4 is 10.1 Å². The lowest BCUT2D eigenvalue weighted by atomic mass is 9.94. The zero-order valence-electron chi connectivity index (χ0n) is 14.0. The van der Waals surface area contributed by atoms with E-state index in [1.807, 2.05) is 36.9 Å². The highest BCUT2D eigenvalue weighted by Crippen LogP contribution is 2.35. The number of thiazole rings is 1. The van der Waals surface area contributed by atoms with Crippen molar-refractivity contribution in [2.45, 2.75) is 48.2 Å². The maximum atomic E-state index is 12.5. The molecule has 0 spiro atoms. The van der Waals surface area contributed by atoms with Crippen LogP contribution in [0.1, 0.15) is 41.7 Å². The SMILES string of the molecule is COc1ccccc1C(=O)NC1CCC(Sc2nc(C)cs2)CC1. The van der Waals surface area contributed by atoms with E-state index in [0.717, 1.165) is 35.7 Å². The molecule has 1 saturated carbocycles. The third kappa shape index (κ3) is 4.30. The number of nitrogens with zero attached hydrogens (tertiary/aromatic N) is 1. The van der Waals surface area contributed by atoms with Gasteiger partial charge in [-0.2, -0.15) is 0 Å². The number of carbonyl (C=O) groups excluding carboxylic acids is 1. The molecule has 0 unspecified atom stereocenters. The Morgan fingerprint density at radius 3 is 2.71 bits per heavy atom. The molecule has 24 heavy (non-hydrogen) atoms. The summed E-state index contributed by atoms with van der Waals surface area (Å²) in [5, 5.41) is 5.86. The Morgan fingerprint density at radius 2 is 2.04 bits per heavy atom. The van der Waals surface area contributed by atoms with Crippen molar-refractivity contribution < 1.29 is 9.53 Å². The Morgan fingerprint density at radius 1 is 1.29 bits per heavy atom. The second-order valence-corrected chi connectivity index (χ2v) is 8.43. The largest absolute Gasteiger partial charge is 0.496 e. The van der Waals surface area contributed by atoms with Gasteiger partial charge in [-0.15, -0.1) is 11.3 Å². The van der Waals surface area contributed by atoms with Crippen LogP contribution in [0.25, 0.3) is 0 Å². The van der Waals surface area contributed by atoms with Crippen LogP contribution in [-0.2, 0) is 0 Å². The number of hydrogen-bond donors (Lipinski definition) is 1. The summed E-state index contributed by atoms with van der Waals surface area (Å²) >= 11 is 3.61. The van der Waals surface area contributed by atoms with Crippen molar-refractivity contribution in [3.63, 3.8) is 0 Å². The van der Waals surface area contributed by atoms with Gasteiger partial charge in [-0.1, -0.05) is 23.9 Å². The lowest BCUT2D eigenvalue weighted by molar-refractivity contribution is 0.0925. The minimum atomic E-state index is -0.0425. The number of carbonyl (C=O) groups is 1. The Kier molecular flexibility index (Phi) is 5.79. The number of aromatic nitrogens is 1. The molecule has 1 N–H and O–H groups in total. The normalized spacial score (nSPS) is 20.6. The number of para-hydroxylation sites is 1. The molecule has 1 fully saturated rings. The van der Waals surface area contributed by atoms with E-state index in [2.05, 4.69) is 15.7 Å². The van der Waals surface area contributed by atoms with Crippen LogP contribution in [-0.4, -0.2) is 29.3 Å². The molecule has 1 amide bonds. The molecule has 1 aromatic carbocycles. The summed E-state index contributed by atoms with van der Waals surface area (Å²) in [6, 6.07) is 7.61. The summed E-state index contributed by atoms with van der Waals surface area (Å²) in [4.78, 5) is 17.0. The van der Waals surface area contributed by atoms with E-state index in [1.54, 1.807) is 24.5 Å². The number of ether oxygens (including phenoxy) is 1. The molecule has 0 bridgehead atoms. The minimum absolute atomic E-state index is 0.0425. The van der Waals surface area contributed by atoms with Crippen LogP contribution >= 0.6 is 23.1 Å². The maximum Gasteiger partial charge on any atom is 0.255 e. The molecular formula is C18H22N2O2S2. The topological polar surface area (TPSA) is 51.2 Å². The molecule has 128 valence electrons. The Labute approximate surface area is 151 Å². The number of benzene rings is 1. The monoisotopic (exact) mass is 362 g/mol. The van der Waals surface area contributed by atoms with Gasteiger partial charge in [-0.05, 0) is 44.7 Å². The van der Waals surface area contributed by atoms with Gasteiger partial charge >= 0.3 is 0 Å². The molecule has 0 saturated heterocycles. The molecule has 0 aliphatic heterocycles. The van der Waals surface area contributed by atoms with Crippen molar-refractivity contribution in [3.05, 3.63) is 40.9 Å². The van der Waals surface area contributed by atoms with Gasteiger partial charge in [0.2, 0.25) is 0 Å². The second-order valence-electron chi connectivity index (χ2n) is 6.02. The number of hydrogen-bond acceptors (Lipinski definition) is 5. The fourth-order valence-corrected chi connectivity index (χ4v) is 5.23. The fourth-order valence-electron chi connectivity index (χ4n) is 2.95. The molecule has 1 aromatic heterocycles. The molecule has 0 atom stereocenters. The van der Waals surface area contributed by atoms with Crippen LogP contribution in [0, 0.1) is 6.92 Å². The van der Waals surface area contributed by atoms with Crippen molar-refractivity contribution in [3.8, 4) is 5.75 Å². The fraction of sp³-hybridized carbons (Fsp3) is 0.444. The average molecular weight is 363 g/mol. The number of methoxy groups -OCH3 is 1. The summed E-state index contributed by atoms with van der Waals surface area (Å²) in [5.74, 6) is 0.581. The lowest BCUT2D eigenvalue weighted by Crippen LogP contribution is -2.38. The van der Waals surface area contributed by atoms with Gasteiger partial charge in [0.1, 0.15) is 10.1 Å². The lowest BCUT2D eigenvalue weighted by Gasteiger charge is -2.28. The third-order valence-corrected chi connectivity index (χ3v) is 6.65. The highest BCUT2D eigenvalue weighted by molar-refractivity contribution is 8.01. The molecule has 1 heterocycles. The molecule has 0 radical (unpaired) electrons. The molecule has 2 aromatic rings. The van der Waals surface area contributed by atoms with Gasteiger partial charge in [-0.25, -0.2) is 4.98 Å². The summed E-state index contributed by atoms with van der Waals surface area (Å²) in [5.41, 5.74) is 1.70. The highest BCUT2D eigenvalue weighted by Gasteiger charge is 2.24. The zero-order chi connectivity index (χ0) is 16.9. The first-order chi connectivity index (χ1) is 11.7. The van der Waals surface area contributed by atoms with E-state index in [9.17, 15) is 4.79 Å². The first-order valence-corrected chi connectivity index (χ1v) is 9.94. The number of nitrogens with one attached hydrogen (secondary N) is 1. The van der Waals surface area contributed by atoms with Crippen LogP contribution in [0.3, 0.4) is 0 Å². The second kappa shape index (κ2) is 8.03. The summed E-state index contributed by atoms with van der Waals surface area (Å²) in [6.45, 7) is 2.03. The van der Waals surface area contributed by atoms with Crippen molar-refractivity contribution in [1.82, 2.24) is 10.3 Å². The van der Waals surface area contributed by atoms with Crippen molar-refractivity contribution >= 4 is 29.0 Å². The third-order valence-electron chi connectivity index (χ3n) is 4.23. The van der Waals surface area contributed by atoms with E-state index >= 15 is 0 Å². The Balaban J connectivity index is 1.51.